The summed E-state index contributed by atoms with van der Waals surface area (Å²) in [7, 11) is 1.34. The van der Waals surface area contributed by atoms with Gasteiger partial charge in [-0.15, -0.1) is 0 Å². The van der Waals surface area contributed by atoms with Gasteiger partial charge >= 0.3 is 5.97 Å². The maximum absolute atomic E-state index is 11.1. The molecule has 0 spiro atoms. The van der Waals surface area contributed by atoms with Gasteiger partial charge in [0.05, 0.1) is 19.2 Å². The predicted octanol–water partition coefficient (Wildman–Crippen LogP) is 1.41. The van der Waals surface area contributed by atoms with Crippen LogP contribution in [0.5, 0.6) is 0 Å². The highest BCUT2D eigenvalue weighted by Gasteiger charge is 2.10. The molecule has 0 radical (unpaired) electrons. The van der Waals surface area contributed by atoms with Crippen molar-refractivity contribution in [2.75, 3.05) is 7.11 Å². The van der Waals surface area contributed by atoms with Crippen LogP contribution < -0.4 is 0 Å². The fourth-order valence-corrected chi connectivity index (χ4v) is 1.67. The van der Waals surface area contributed by atoms with Gasteiger partial charge in [0.2, 0.25) is 5.78 Å². The normalized spacial score (nSPS) is 10.7. The second-order valence-corrected chi connectivity index (χ2v) is 3.76. The molecule has 0 aliphatic rings. The van der Waals surface area contributed by atoms with Gasteiger partial charge in [0.15, 0.2) is 0 Å². The maximum Gasteiger partial charge on any atom is 0.311 e. The SMILES string of the molecule is COC(=O)Cc1cn2c(Cl)cc(C)nc2n1. The Balaban J connectivity index is 2.44. The Hall–Kier alpha value is -1.62. The topological polar surface area (TPSA) is 56.5 Å². The van der Waals surface area contributed by atoms with Crippen LogP contribution in [0.25, 0.3) is 5.78 Å². The summed E-state index contributed by atoms with van der Waals surface area (Å²) in [5.41, 5.74) is 1.37. The average molecular weight is 240 g/mol. The van der Waals surface area contributed by atoms with Crippen LogP contribution in [0.3, 0.4) is 0 Å². The van der Waals surface area contributed by atoms with Crippen molar-refractivity contribution in [2.45, 2.75) is 13.3 Å². The molecule has 5 nitrogen and oxygen atoms in total. The Kier molecular flexibility index (Phi) is 2.78. The van der Waals surface area contributed by atoms with Crippen LogP contribution in [0.4, 0.5) is 0 Å². The highest BCUT2D eigenvalue weighted by atomic mass is 35.5. The van der Waals surface area contributed by atoms with Crippen molar-refractivity contribution >= 4 is 23.3 Å². The highest BCUT2D eigenvalue weighted by Crippen LogP contribution is 2.14. The van der Waals surface area contributed by atoms with Crippen LogP contribution in [-0.2, 0) is 16.0 Å². The van der Waals surface area contributed by atoms with Crippen LogP contribution in [0, 0.1) is 6.92 Å². The van der Waals surface area contributed by atoms with Crippen LogP contribution in [0.2, 0.25) is 5.15 Å². The van der Waals surface area contributed by atoms with Crippen LogP contribution in [-0.4, -0.2) is 27.4 Å². The lowest BCUT2D eigenvalue weighted by molar-refractivity contribution is -0.139. The molecule has 0 fully saturated rings. The number of halogens is 1. The largest absolute Gasteiger partial charge is 0.469 e. The van der Waals surface area contributed by atoms with Gasteiger partial charge in [0.1, 0.15) is 5.15 Å². The third-order valence-corrected chi connectivity index (χ3v) is 2.42. The van der Waals surface area contributed by atoms with Crippen molar-refractivity contribution in [2.24, 2.45) is 0 Å². The lowest BCUT2D eigenvalue weighted by Gasteiger charge is -1.96. The minimum atomic E-state index is -0.337. The number of aromatic nitrogens is 3. The zero-order chi connectivity index (χ0) is 11.7. The number of esters is 1. The molecule has 0 saturated heterocycles. The fourth-order valence-electron chi connectivity index (χ4n) is 1.39. The van der Waals surface area contributed by atoms with Crippen LogP contribution >= 0.6 is 11.6 Å². The van der Waals surface area contributed by atoms with Gasteiger partial charge in [-0.1, -0.05) is 11.6 Å². The van der Waals surface area contributed by atoms with Crippen molar-refractivity contribution in [3.63, 3.8) is 0 Å². The van der Waals surface area contributed by atoms with E-state index in [1.54, 1.807) is 16.7 Å². The van der Waals surface area contributed by atoms with Gasteiger partial charge in [-0.2, -0.15) is 0 Å². The van der Waals surface area contributed by atoms with Crippen molar-refractivity contribution in [3.05, 3.63) is 28.8 Å². The zero-order valence-electron chi connectivity index (χ0n) is 8.90. The monoisotopic (exact) mass is 239 g/mol. The molecule has 0 bridgehead atoms. The summed E-state index contributed by atoms with van der Waals surface area (Å²) in [6.45, 7) is 1.83. The molecule has 0 unspecified atom stereocenters. The number of carbonyl (C=O) groups excluding carboxylic acids is 1. The molecule has 2 rings (SSSR count). The highest BCUT2D eigenvalue weighted by molar-refractivity contribution is 6.29. The van der Waals surface area contributed by atoms with Crippen LogP contribution in [0.15, 0.2) is 12.3 Å². The zero-order valence-corrected chi connectivity index (χ0v) is 9.65. The average Bonchev–Trinajstić information content (AvgIpc) is 2.60. The van der Waals surface area contributed by atoms with E-state index in [1.807, 2.05) is 6.92 Å². The molecule has 0 saturated carbocycles. The Morgan fingerprint density at radius 3 is 3.00 bits per heavy atom. The quantitative estimate of drug-likeness (QED) is 0.587. The van der Waals surface area contributed by atoms with E-state index < -0.39 is 0 Å². The minimum absolute atomic E-state index is 0.120. The summed E-state index contributed by atoms with van der Waals surface area (Å²) in [6.07, 6.45) is 1.80. The molecule has 0 aliphatic carbocycles. The number of nitrogens with zero attached hydrogens (tertiary/aromatic N) is 3. The van der Waals surface area contributed by atoms with Crippen molar-refractivity contribution in [3.8, 4) is 0 Å². The molecule has 2 aromatic rings. The van der Waals surface area contributed by atoms with Crippen molar-refractivity contribution < 1.29 is 9.53 Å². The molecule has 16 heavy (non-hydrogen) atoms. The second-order valence-electron chi connectivity index (χ2n) is 3.38. The third kappa shape index (κ3) is 1.99. The van der Waals surface area contributed by atoms with Gasteiger partial charge in [-0.25, -0.2) is 9.97 Å². The van der Waals surface area contributed by atoms with E-state index in [-0.39, 0.29) is 12.4 Å². The fraction of sp³-hybridized carbons (Fsp3) is 0.300. The summed E-state index contributed by atoms with van der Waals surface area (Å²) < 4.78 is 6.19. The lowest BCUT2D eigenvalue weighted by atomic mass is 10.3. The predicted molar refractivity (Wildman–Crippen MR) is 58.5 cm³/mol. The molecular weight excluding hydrogens is 230 g/mol. The standard InChI is InChI=1S/C10H10ClN3O2/c1-6-3-8(11)14-5-7(4-9(15)16-2)13-10(14)12-6/h3,5H,4H2,1-2H3. The van der Waals surface area contributed by atoms with Gasteiger partial charge in [-0.3, -0.25) is 9.20 Å². The molecule has 2 aromatic heterocycles. The number of hydrogen-bond donors (Lipinski definition) is 0. The van der Waals surface area contributed by atoms with E-state index >= 15 is 0 Å². The Bertz CT molecular complexity index is 550. The molecule has 0 atom stereocenters. The first kappa shape index (κ1) is 10.9. The lowest BCUT2D eigenvalue weighted by Crippen LogP contribution is -2.04. The summed E-state index contributed by atoms with van der Waals surface area (Å²) in [5.74, 6) is 0.153. The van der Waals surface area contributed by atoms with Gasteiger partial charge in [-0.05, 0) is 13.0 Å². The molecule has 2 heterocycles. The maximum atomic E-state index is 11.1. The molecule has 0 aromatic carbocycles. The van der Waals surface area contributed by atoms with Gasteiger partial charge < -0.3 is 4.74 Å². The van der Waals surface area contributed by atoms with Crippen molar-refractivity contribution in [1.29, 1.82) is 0 Å². The summed E-state index contributed by atoms with van der Waals surface area (Å²) in [6, 6.07) is 1.73. The van der Waals surface area contributed by atoms with E-state index in [9.17, 15) is 4.79 Å². The number of hydrogen-bond acceptors (Lipinski definition) is 4. The van der Waals surface area contributed by atoms with Gasteiger partial charge in [0.25, 0.3) is 0 Å². The number of fused-ring (bicyclic) bond motifs is 1. The first-order valence-corrected chi connectivity index (χ1v) is 5.06. The number of methoxy groups -OCH3 is 1. The number of carbonyl (C=O) groups is 1. The molecule has 84 valence electrons. The van der Waals surface area contributed by atoms with Crippen molar-refractivity contribution in [1.82, 2.24) is 14.4 Å². The molecule has 0 aliphatic heterocycles. The minimum Gasteiger partial charge on any atom is -0.469 e. The number of imidazole rings is 1. The summed E-state index contributed by atoms with van der Waals surface area (Å²) in [4.78, 5) is 19.5. The molecule has 0 N–H and O–H groups in total. The number of ether oxygens (including phenoxy) is 1. The van der Waals surface area contributed by atoms with E-state index in [1.165, 1.54) is 7.11 Å². The summed E-state index contributed by atoms with van der Waals surface area (Å²) in [5, 5.41) is 0.520. The van der Waals surface area contributed by atoms with Crippen LogP contribution in [0.1, 0.15) is 11.4 Å². The van der Waals surface area contributed by atoms with E-state index in [4.69, 9.17) is 11.6 Å². The molecule has 6 heteroatoms. The first-order chi connectivity index (χ1) is 7.60. The second kappa shape index (κ2) is 4.09. The Morgan fingerprint density at radius 2 is 2.31 bits per heavy atom. The Morgan fingerprint density at radius 1 is 1.56 bits per heavy atom. The first-order valence-electron chi connectivity index (χ1n) is 4.68. The summed E-state index contributed by atoms with van der Waals surface area (Å²) >= 11 is 6.01. The molecule has 0 amide bonds. The third-order valence-electron chi connectivity index (χ3n) is 2.12. The van der Waals surface area contributed by atoms with E-state index in [0.29, 0.717) is 16.6 Å². The Labute approximate surface area is 97.0 Å². The molecular formula is C10H10ClN3O2. The van der Waals surface area contributed by atoms with E-state index in [0.717, 1.165) is 5.69 Å². The van der Waals surface area contributed by atoms with Gasteiger partial charge in [0, 0.05) is 11.9 Å². The van der Waals surface area contributed by atoms with E-state index in [2.05, 4.69) is 14.7 Å². The smallest absolute Gasteiger partial charge is 0.311 e. The number of aryl methyl sites for hydroxylation is 1. The number of rotatable bonds is 2.